The number of aromatic nitrogens is 1. The summed E-state index contributed by atoms with van der Waals surface area (Å²) in [7, 11) is 0. The molecule has 1 aliphatic heterocycles. The van der Waals surface area contributed by atoms with Gasteiger partial charge >= 0.3 is 0 Å². The maximum atomic E-state index is 4.65. The van der Waals surface area contributed by atoms with Gasteiger partial charge in [0.1, 0.15) is 5.82 Å². The van der Waals surface area contributed by atoms with Crippen molar-refractivity contribution >= 4 is 5.82 Å². The molecule has 2 rings (SSSR count). The van der Waals surface area contributed by atoms with Gasteiger partial charge in [0.05, 0.1) is 0 Å². The minimum Gasteiger partial charge on any atom is -0.351 e. The molecular weight excluding hydrogens is 222 g/mol. The lowest BCUT2D eigenvalue weighted by Gasteiger charge is -2.31. The lowest BCUT2D eigenvalue weighted by molar-refractivity contribution is 0.614. The van der Waals surface area contributed by atoms with Crippen LogP contribution in [0.1, 0.15) is 45.6 Å². The van der Waals surface area contributed by atoms with Crippen LogP contribution in [0.3, 0.4) is 0 Å². The van der Waals surface area contributed by atoms with Gasteiger partial charge in [-0.1, -0.05) is 19.9 Å². The van der Waals surface area contributed by atoms with E-state index in [2.05, 4.69) is 42.0 Å². The van der Waals surface area contributed by atoms with Crippen LogP contribution in [-0.2, 0) is 6.54 Å². The molecule has 0 saturated carbocycles. The lowest BCUT2D eigenvalue weighted by Crippen LogP contribution is -2.36. The third-order valence-corrected chi connectivity index (χ3v) is 3.93. The van der Waals surface area contributed by atoms with Gasteiger partial charge < -0.3 is 10.2 Å². The molecule has 0 radical (unpaired) electrons. The SMILES string of the molecule is CCNCc1cccnc1N1C(C)CCC1CC. The van der Waals surface area contributed by atoms with Crippen molar-refractivity contribution in [2.75, 3.05) is 11.4 Å². The van der Waals surface area contributed by atoms with Crippen molar-refractivity contribution in [2.24, 2.45) is 0 Å². The van der Waals surface area contributed by atoms with E-state index in [4.69, 9.17) is 0 Å². The molecule has 2 atom stereocenters. The molecule has 1 N–H and O–H groups in total. The van der Waals surface area contributed by atoms with E-state index < -0.39 is 0 Å². The predicted molar refractivity (Wildman–Crippen MR) is 76.9 cm³/mol. The summed E-state index contributed by atoms with van der Waals surface area (Å²) >= 11 is 0. The van der Waals surface area contributed by atoms with E-state index in [0.29, 0.717) is 12.1 Å². The number of nitrogens with one attached hydrogen (secondary N) is 1. The zero-order chi connectivity index (χ0) is 13.0. The Kier molecular flexibility index (Phi) is 4.59. The van der Waals surface area contributed by atoms with Gasteiger partial charge in [-0.3, -0.25) is 0 Å². The van der Waals surface area contributed by atoms with Crippen LogP contribution in [0.25, 0.3) is 0 Å². The van der Waals surface area contributed by atoms with Crippen LogP contribution >= 0.6 is 0 Å². The van der Waals surface area contributed by atoms with E-state index in [0.717, 1.165) is 13.1 Å². The Morgan fingerprint density at radius 3 is 2.94 bits per heavy atom. The van der Waals surface area contributed by atoms with E-state index in [1.165, 1.54) is 30.6 Å². The van der Waals surface area contributed by atoms with Crippen LogP contribution in [-0.4, -0.2) is 23.6 Å². The molecule has 3 heteroatoms. The topological polar surface area (TPSA) is 28.2 Å². The Morgan fingerprint density at radius 1 is 1.39 bits per heavy atom. The van der Waals surface area contributed by atoms with E-state index >= 15 is 0 Å². The zero-order valence-electron chi connectivity index (χ0n) is 11.8. The van der Waals surface area contributed by atoms with Crippen molar-refractivity contribution in [1.82, 2.24) is 10.3 Å². The average molecular weight is 247 g/mol. The molecule has 1 aromatic heterocycles. The molecule has 0 spiro atoms. The van der Waals surface area contributed by atoms with Gasteiger partial charge in [0, 0.05) is 30.4 Å². The van der Waals surface area contributed by atoms with Gasteiger partial charge in [-0.15, -0.1) is 0 Å². The summed E-state index contributed by atoms with van der Waals surface area (Å²) in [6, 6.07) is 5.51. The molecule has 1 aromatic rings. The quantitative estimate of drug-likeness (QED) is 0.867. The highest BCUT2D eigenvalue weighted by Crippen LogP contribution is 2.32. The van der Waals surface area contributed by atoms with Crippen LogP contribution in [0, 0.1) is 0 Å². The highest BCUT2D eigenvalue weighted by Gasteiger charge is 2.31. The molecular formula is C15H25N3. The van der Waals surface area contributed by atoms with E-state index in [-0.39, 0.29) is 0 Å². The zero-order valence-corrected chi connectivity index (χ0v) is 11.8. The maximum absolute atomic E-state index is 4.65. The normalized spacial score (nSPS) is 23.6. The fourth-order valence-electron chi connectivity index (χ4n) is 2.91. The van der Waals surface area contributed by atoms with Gasteiger partial charge in [0.15, 0.2) is 0 Å². The van der Waals surface area contributed by atoms with Crippen molar-refractivity contribution in [3.05, 3.63) is 23.9 Å². The van der Waals surface area contributed by atoms with Crippen molar-refractivity contribution in [1.29, 1.82) is 0 Å². The summed E-state index contributed by atoms with van der Waals surface area (Å²) in [4.78, 5) is 7.18. The molecule has 1 aliphatic rings. The Balaban J connectivity index is 2.25. The number of pyridine rings is 1. The van der Waals surface area contributed by atoms with Crippen molar-refractivity contribution in [3.8, 4) is 0 Å². The first kappa shape index (κ1) is 13.3. The highest BCUT2D eigenvalue weighted by atomic mass is 15.3. The molecule has 18 heavy (non-hydrogen) atoms. The Bertz CT molecular complexity index is 378. The number of anilines is 1. The third kappa shape index (κ3) is 2.66. The van der Waals surface area contributed by atoms with Crippen LogP contribution in [0.15, 0.2) is 18.3 Å². The van der Waals surface area contributed by atoms with Crippen molar-refractivity contribution in [2.45, 2.75) is 58.7 Å². The van der Waals surface area contributed by atoms with Gasteiger partial charge in [-0.25, -0.2) is 4.98 Å². The van der Waals surface area contributed by atoms with Gasteiger partial charge in [-0.2, -0.15) is 0 Å². The summed E-state index contributed by atoms with van der Waals surface area (Å²) in [6.07, 6.45) is 5.72. The second kappa shape index (κ2) is 6.19. The van der Waals surface area contributed by atoms with Gasteiger partial charge in [-0.05, 0) is 38.8 Å². The molecule has 3 nitrogen and oxygen atoms in total. The van der Waals surface area contributed by atoms with E-state index in [1.54, 1.807) is 0 Å². The fourth-order valence-corrected chi connectivity index (χ4v) is 2.91. The number of hydrogen-bond donors (Lipinski definition) is 1. The second-order valence-corrected chi connectivity index (χ2v) is 5.16. The Labute approximate surface area is 111 Å². The number of hydrogen-bond acceptors (Lipinski definition) is 3. The number of nitrogens with zero attached hydrogens (tertiary/aromatic N) is 2. The fraction of sp³-hybridized carbons (Fsp3) is 0.667. The second-order valence-electron chi connectivity index (χ2n) is 5.16. The van der Waals surface area contributed by atoms with Gasteiger partial charge in [0.25, 0.3) is 0 Å². The Hall–Kier alpha value is -1.09. The lowest BCUT2D eigenvalue weighted by atomic mass is 10.1. The summed E-state index contributed by atoms with van der Waals surface area (Å²) < 4.78 is 0. The van der Waals surface area contributed by atoms with Crippen molar-refractivity contribution < 1.29 is 0 Å². The first-order valence-electron chi connectivity index (χ1n) is 7.20. The molecule has 1 saturated heterocycles. The Morgan fingerprint density at radius 2 is 2.22 bits per heavy atom. The molecule has 100 valence electrons. The minimum absolute atomic E-state index is 0.616. The summed E-state index contributed by atoms with van der Waals surface area (Å²) in [5.41, 5.74) is 1.33. The molecule has 2 unspecified atom stereocenters. The third-order valence-electron chi connectivity index (χ3n) is 3.93. The van der Waals surface area contributed by atoms with Crippen LogP contribution < -0.4 is 10.2 Å². The predicted octanol–water partition coefficient (Wildman–Crippen LogP) is 2.96. The monoisotopic (exact) mass is 247 g/mol. The van der Waals surface area contributed by atoms with E-state index in [1.807, 2.05) is 12.3 Å². The van der Waals surface area contributed by atoms with Crippen molar-refractivity contribution in [3.63, 3.8) is 0 Å². The maximum Gasteiger partial charge on any atom is 0.133 e. The molecule has 0 aromatic carbocycles. The van der Waals surface area contributed by atoms with Crippen LogP contribution in [0.5, 0.6) is 0 Å². The molecule has 2 heterocycles. The molecule has 0 bridgehead atoms. The first-order chi connectivity index (χ1) is 8.77. The summed E-state index contributed by atoms with van der Waals surface area (Å²) in [5.74, 6) is 1.19. The van der Waals surface area contributed by atoms with Crippen LogP contribution in [0.2, 0.25) is 0 Å². The largest absolute Gasteiger partial charge is 0.351 e. The molecule has 1 fully saturated rings. The number of rotatable bonds is 5. The molecule has 0 amide bonds. The minimum atomic E-state index is 0.616. The standard InChI is InChI=1S/C15H25N3/c1-4-14-9-8-12(3)18(14)15-13(11-16-5-2)7-6-10-17-15/h6-7,10,12,14,16H,4-5,8-9,11H2,1-3H3. The van der Waals surface area contributed by atoms with E-state index in [9.17, 15) is 0 Å². The average Bonchev–Trinajstić information content (AvgIpc) is 2.77. The first-order valence-corrected chi connectivity index (χ1v) is 7.20. The van der Waals surface area contributed by atoms with Crippen LogP contribution in [0.4, 0.5) is 5.82 Å². The summed E-state index contributed by atoms with van der Waals surface area (Å²) in [5, 5.41) is 3.41. The van der Waals surface area contributed by atoms with Gasteiger partial charge in [0.2, 0.25) is 0 Å². The smallest absolute Gasteiger partial charge is 0.133 e. The summed E-state index contributed by atoms with van der Waals surface area (Å²) in [6.45, 7) is 8.66. The molecule has 0 aliphatic carbocycles. The highest BCUT2D eigenvalue weighted by molar-refractivity contribution is 5.49.